The molecule has 0 radical (unpaired) electrons. The fourth-order valence-corrected chi connectivity index (χ4v) is 5.55. The number of fused-ring (bicyclic) bond motifs is 2. The van der Waals surface area contributed by atoms with Crippen molar-refractivity contribution in [2.45, 2.75) is 110 Å². The van der Waals surface area contributed by atoms with E-state index in [0.717, 1.165) is 57.1 Å². The van der Waals surface area contributed by atoms with Gasteiger partial charge < -0.3 is 19.7 Å². The molecule has 34 heavy (non-hydrogen) atoms. The van der Waals surface area contributed by atoms with Crippen molar-refractivity contribution in [1.82, 2.24) is 0 Å². The number of aliphatic hydroxyl groups is 1. The molecule has 0 amide bonds. The van der Waals surface area contributed by atoms with Crippen LogP contribution in [0.3, 0.4) is 0 Å². The van der Waals surface area contributed by atoms with E-state index in [9.17, 15) is 15.0 Å². The Labute approximate surface area is 205 Å². The number of hydrogen-bond donors (Lipinski definition) is 2. The van der Waals surface area contributed by atoms with Crippen LogP contribution in [0.5, 0.6) is 5.75 Å². The molecule has 6 atom stereocenters. The van der Waals surface area contributed by atoms with E-state index in [4.69, 9.17) is 9.47 Å². The van der Waals surface area contributed by atoms with E-state index in [1.54, 1.807) is 0 Å². The molecule has 2 unspecified atom stereocenters. The summed E-state index contributed by atoms with van der Waals surface area (Å²) in [6.45, 7) is 8.52. The van der Waals surface area contributed by atoms with E-state index in [2.05, 4.69) is 39.0 Å². The zero-order chi connectivity index (χ0) is 24.7. The maximum Gasteiger partial charge on any atom is 0.307 e. The summed E-state index contributed by atoms with van der Waals surface area (Å²) in [5, 5.41) is 20.0. The molecule has 5 heteroatoms. The molecule has 0 spiro atoms. The van der Waals surface area contributed by atoms with Gasteiger partial charge in [0.15, 0.2) is 0 Å². The Bertz CT molecular complexity index is 816. The normalized spacial score (nSPS) is 26.1. The van der Waals surface area contributed by atoms with Crippen molar-refractivity contribution in [3.05, 3.63) is 42.0 Å². The van der Waals surface area contributed by atoms with E-state index in [1.807, 2.05) is 25.1 Å². The second kappa shape index (κ2) is 12.2. The third-order valence-electron chi connectivity index (χ3n) is 7.66. The molecule has 0 aromatic heterocycles. The first-order valence-electron chi connectivity index (χ1n) is 13.2. The van der Waals surface area contributed by atoms with Gasteiger partial charge in [-0.05, 0) is 61.1 Å². The van der Waals surface area contributed by atoms with Gasteiger partial charge in [-0.25, -0.2) is 0 Å². The van der Waals surface area contributed by atoms with Crippen LogP contribution >= 0.6 is 0 Å². The third kappa shape index (κ3) is 7.08. The van der Waals surface area contributed by atoms with Crippen molar-refractivity contribution in [2.75, 3.05) is 0 Å². The number of benzene rings is 1. The molecular weight excluding hydrogens is 428 g/mol. The average Bonchev–Trinajstić information content (AvgIpc) is 3.38. The van der Waals surface area contributed by atoms with E-state index < -0.39 is 12.1 Å². The first kappa shape index (κ1) is 26.7. The lowest BCUT2D eigenvalue weighted by Gasteiger charge is -2.30. The van der Waals surface area contributed by atoms with Crippen molar-refractivity contribution in [2.24, 2.45) is 17.3 Å². The van der Waals surface area contributed by atoms with Gasteiger partial charge in [0.1, 0.15) is 11.9 Å². The predicted octanol–water partition coefficient (Wildman–Crippen LogP) is 6.18. The van der Waals surface area contributed by atoms with Gasteiger partial charge >= 0.3 is 5.97 Å². The molecule has 2 aliphatic heterocycles. The maximum absolute atomic E-state index is 11.2. The minimum Gasteiger partial charge on any atom is -0.490 e. The van der Waals surface area contributed by atoms with Crippen LogP contribution in [0.1, 0.15) is 84.6 Å². The summed E-state index contributed by atoms with van der Waals surface area (Å²) in [5.41, 5.74) is 1.06. The van der Waals surface area contributed by atoms with Crippen molar-refractivity contribution in [3.8, 4) is 5.75 Å². The molecule has 190 valence electrons. The minimum atomic E-state index is -0.830. The summed E-state index contributed by atoms with van der Waals surface area (Å²) in [6.07, 6.45) is 11.9. The van der Waals surface area contributed by atoms with Gasteiger partial charge in [-0.15, -0.1) is 0 Å². The molecule has 2 fully saturated rings. The van der Waals surface area contributed by atoms with Crippen LogP contribution in [-0.2, 0) is 16.0 Å². The Balaban J connectivity index is 1.68. The zero-order valence-electron chi connectivity index (χ0n) is 21.4. The molecule has 0 aliphatic carbocycles. The van der Waals surface area contributed by atoms with Gasteiger partial charge in [0.25, 0.3) is 0 Å². The molecule has 2 aliphatic rings. The van der Waals surface area contributed by atoms with Crippen LogP contribution in [-0.4, -0.2) is 40.6 Å². The van der Waals surface area contributed by atoms with E-state index in [-0.39, 0.29) is 30.1 Å². The number of carboxylic acid groups (broad SMARTS) is 1. The molecular formula is C29H44O5. The molecule has 1 aromatic carbocycles. The largest absolute Gasteiger partial charge is 0.490 e. The average molecular weight is 473 g/mol. The number of carboxylic acids is 1. The van der Waals surface area contributed by atoms with Crippen molar-refractivity contribution in [3.63, 3.8) is 0 Å². The lowest BCUT2D eigenvalue weighted by molar-refractivity contribution is -0.138. The fourth-order valence-electron chi connectivity index (χ4n) is 5.55. The quantitative estimate of drug-likeness (QED) is 0.316. The smallest absolute Gasteiger partial charge is 0.307 e. The van der Waals surface area contributed by atoms with Crippen molar-refractivity contribution >= 4 is 5.97 Å². The van der Waals surface area contributed by atoms with E-state index in [0.29, 0.717) is 11.8 Å². The minimum absolute atomic E-state index is 0.0160. The van der Waals surface area contributed by atoms with E-state index in [1.165, 1.54) is 5.56 Å². The Morgan fingerprint density at radius 2 is 2.00 bits per heavy atom. The topological polar surface area (TPSA) is 76.0 Å². The van der Waals surface area contributed by atoms with Gasteiger partial charge in [0.2, 0.25) is 0 Å². The summed E-state index contributed by atoms with van der Waals surface area (Å²) < 4.78 is 12.3. The molecule has 2 N–H and O–H groups in total. The fraction of sp³-hybridized carbons (Fsp3) is 0.690. The number of ether oxygens (including phenoxy) is 2. The molecule has 0 saturated carbocycles. The SMILES string of the molecule is CCCCC(C)(C)C(O)C=CC1[C@H]2CC[C@H](O2)[C@H]1Cc1cccc(O[C@H](CCC)CC(=O)O)c1. The van der Waals surface area contributed by atoms with Crippen molar-refractivity contribution < 1.29 is 24.5 Å². The summed E-state index contributed by atoms with van der Waals surface area (Å²) in [4.78, 5) is 11.2. The van der Waals surface area contributed by atoms with Crippen LogP contribution in [0.15, 0.2) is 36.4 Å². The van der Waals surface area contributed by atoms with Gasteiger partial charge in [0.05, 0.1) is 24.7 Å². The predicted molar refractivity (Wildman–Crippen MR) is 135 cm³/mol. The highest BCUT2D eigenvalue weighted by molar-refractivity contribution is 5.67. The third-order valence-corrected chi connectivity index (χ3v) is 7.66. The lowest BCUT2D eigenvalue weighted by Crippen LogP contribution is -2.30. The summed E-state index contributed by atoms with van der Waals surface area (Å²) in [6, 6.07) is 8.08. The maximum atomic E-state index is 11.2. The van der Waals surface area contributed by atoms with Crippen LogP contribution in [0.25, 0.3) is 0 Å². The van der Waals surface area contributed by atoms with Crippen LogP contribution in [0.2, 0.25) is 0 Å². The van der Waals surface area contributed by atoms with Gasteiger partial charge in [-0.2, -0.15) is 0 Å². The standard InChI is InChI=1S/C29H44O5/c1-5-7-16-29(3,4)27(30)15-12-23-24(26-14-13-25(23)34-26)18-20-10-8-11-22(17-20)33-21(9-6-2)19-28(31)32/h8,10-12,15,17,21,23-27,30H,5-7,9,13-14,16,18-19H2,1-4H3,(H,31,32)/t21-,23?,24+,25-,26+,27?/m1/s1. The summed E-state index contributed by atoms with van der Waals surface area (Å²) >= 11 is 0. The monoisotopic (exact) mass is 472 g/mol. The zero-order valence-corrected chi connectivity index (χ0v) is 21.4. The van der Waals surface area contributed by atoms with Gasteiger partial charge in [0, 0.05) is 5.92 Å². The Morgan fingerprint density at radius 1 is 1.24 bits per heavy atom. The second-order valence-corrected chi connectivity index (χ2v) is 10.9. The number of aliphatic hydroxyl groups excluding tert-OH is 1. The number of aliphatic carboxylic acids is 1. The van der Waals surface area contributed by atoms with Gasteiger partial charge in [-0.1, -0.05) is 71.2 Å². The van der Waals surface area contributed by atoms with E-state index >= 15 is 0 Å². The number of rotatable bonds is 14. The Hall–Kier alpha value is -1.85. The highest BCUT2D eigenvalue weighted by Gasteiger charge is 2.47. The molecule has 2 heterocycles. The number of unbranched alkanes of at least 4 members (excludes halogenated alkanes) is 1. The first-order valence-corrected chi connectivity index (χ1v) is 13.2. The molecule has 2 saturated heterocycles. The first-order chi connectivity index (χ1) is 16.2. The summed E-state index contributed by atoms with van der Waals surface area (Å²) in [5.74, 6) is 0.589. The highest BCUT2D eigenvalue weighted by atomic mass is 16.5. The lowest BCUT2D eigenvalue weighted by atomic mass is 9.75. The second-order valence-electron chi connectivity index (χ2n) is 10.9. The molecule has 1 aromatic rings. The van der Waals surface area contributed by atoms with Crippen LogP contribution in [0.4, 0.5) is 0 Å². The Morgan fingerprint density at radius 3 is 2.71 bits per heavy atom. The van der Waals surface area contributed by atoms with Crippen LogP contribution < -0.4 is 4.74 Å². The van der Waals surface area contributed by atoms with Crippen LogP contribution in [0, 0.1) is 17.3 Å². The number of carbonyl (C=O) groups is 1. The van der Waals surface area contributed by atoms with Crippen molar-refractivity contribution in [1.29, 1.82) is 0 Å². The molecule has 2 bridgehead atoms. The molecule has 3 rings (SSSR count). The molecule has 5 nitrogen and oxygen atoms in total. The van der Waals surface area contributed by atoms with Gasteiger partial charge in [-0.3, -0.25) is 4.79 Å². The highest BCUT2D eigenvalue weighted by Crippen LogP contribution is 2.46. The number of hydrogen-bond acceptors (Lipinski definition) is 4. The Kier molecular flexibility index (Phi) is 9.61. The summed E-state index contributed by atoms with van der Waals surface area (Å²) in [7, 11) is 0.